The van der Waals surface area contributed by atoms with Gasteiger partial charge in [-0.05, 0) is 43.9 Å². The highest BCUT2D eigenvalue weighted by molar-refractivity contribution is 6.31. The Kier molecular flexibility index (Phi) is 4.41. The molecule has 1 fully saturated rings. The summed E-state index contributed by atoms with van der Waals surface area (Å²) in [4.78, 5) is 2.32. The van der Waals surface area contributed by atoms with Gasteiger partial charge in [-0.3, -0.25) is 4.90 Å². The quantitative estimate of drug-likeness (QED) is 0.740. The zero-order valence-electron chi connectivity index (χ0n) is 10.3. The second-order valence-corrected chi connectivity index (χ2v) is 5.29. The fourth-order valence-electron chi connectivity index (χ4n) is 2.12. The van der Waals surface area contributed by atoms with Crippen LogP contribution >= 0.6 is 11.6 Å². The number of hydrogen-bond donors (Lipinski definition) is 0. The fraction of sp³-hybridized carbons (Fsp3) is 0.571. The zero-order valence-corrected chi connectivity index (χ0v) is 11.0. The van der Waals surface area contributed by atoms with Crippen LogP contribution in [0.3, 0.4) is 0 Å². The maximum absolute atomic E-state index is 13.7. The molecule has 1 nitrogen and oxygen atoms in total. The Labute approximate surface area is 108 Å². The molecular formula is C14H19ClFN. The minimum Gasteiger partial charge on any atom is -0.299 e. The van der Waals surface area contributed by atoms with Crippen LogP contribution < -0.4 is 0 Å². The van der Waals surface area contributed by atoms with Crippen LogP contribution in [0.25, 0.3) is 0 Å². The normalized spacial score (nSPS) is 15.5. The Hall–Kier alpha value is -0.600. The van der Waals surface area contributed by atoms with Gasteiger partial charge in [0.1, 0.15) is 5.82 Å². The van der Waals surface area contributed by atoms with Crippen LogP contribution in [0.4, 0.5) is 4.39 Å². The average molecular weight is 256 g/mol. The van der Waals surface area contributed by atoms with E-state index in [9.17, 15) is 4.39 Å². The zero-order chi connectivity index (χ0) is 12.3. The Morgan fingerprint density at radius 1 is 1.41 bits per heavy atom. The van der Waals surface area contributed by atoms with Gasteiger partial charge < -0.3 is 0 Å². The molecule has 0 unspecified atom stereocenters. The average Bonchev–Trinajstić information content (AvgIpc) is 3.08. The predicted octanol–water partition coefficient (Wildman–Crippen LogP) is 4.10. The molecule has 0 radical (unpaired) electrons. The lowest BCUT2D eigenvalue weighted by Gasteiger charge is -2.22. The molecule has 0 spiro atoms. The van der Waals surface area contributed by atoms with Gasteiger partial charge in [-0.15, -0.1) is 0 Å². The molecule has 0 heterocycles. The molecule has 0 aliphatic heterocycles. The topological polar surface area (TPSA) is 3.24 Å². The summed E-state index contributed by atoms with van der Waals surface area (Å²) in [5, 5.41) is 0.543. The number of benzene rings is 1. The van der Waals surface area contributed by atoms with E-state index >= 15 is 0 Å². The van der Waals surface area contributed by atoms with Crippen molar-refractivity contribution in [3.63, 3.8) is 0 Å². The first kappa shape index (κ1) is 12.8. The molecule has 1 aromatic carbocycles. The molecule has 1 aliphatic carbocycles. The summed E-state index contributed by atoms with van der Waals surface area (Å²) in [5.74, 6) is 0.640. The molecule has 0 bridgehead atoms. The van der Waals surface area contributed by atoms with Crippen molar-refractivity contribution >= 4 is 11.6 Å². The van der Waals surface area contributed by atoms with Crippen molar-refractivity contribution in [3.05, 3.63) is 34.6 Å². The fourth-order valence-corrected chi connectivity index (χ4v) is 2.35. The highest BCUT2D eigenvalue weighted by Crippen LogP contribution is 2.31. The van der Waals surface area contributed by atoms with Crippen LogP contribution in [-0.4, -0.2) is 18.0 Å². The van der Waals surface area contributed by atoms with Gasteiger partial charge in [0.15, 0.2) is 0 Å². The summed E-state index contributed by atoms with van der Waals surface area (Å²) in [6.07, 6.45) is 3.75. The van der Waals surface area contributed by atoms with Gasteiger partial charge >= 0.3 is 0 Å². The van der Waals surface area contributed by atoms with E-state index in [1.807, 2.05) is 0 Å². The first-order valence-corrected chi connectivity index (χ1v) is 6.73. The van der Waals surface area contributed by atoms with Crippen molar-refractivity contribution < 1.29 is 4.39 Å². The molecule has 3 heteroatoms. The van der Waals surface area contributed by atoms with Crippen LogP contribution in [0, 0.1) is 11.7 Å². The molecule has 0 aromatic heterocycles. The Morgan fingerprint density at radius 2 is 2.18 bits per heavy atom. The maximum atomic E-state index is 13.7. The SMILES string of the molecule is CCCN(Cc1c(F)cccc1Cl)CC1CC1. The molecule has 94 valence electrons. The van der Waals surface area contributed by atoms with Crippen LogP contribution in [0.1, 0.15) is 31.7 Å². The van der Waals surface area contributed by atoms with Crippen molar-refractivity contribution in [2.75, 3.05) is 13.1 Å². The Balaban J connectivity index is 2.04. The number of hydrogen-bond acceptors (Lipinski definition) is 1. The van der Waals surface area contributed by atoms with Gasteiger partial charge in [0.05, 0.1) is 0 Å². The largest absolute Gasteiger partial charge is 0.299 e. The van der Waals surface area contributed by atoms with E-state index in [0.717, 1.165) is 25.4 Å². The van der Waals surface area contributed by atoms with Crippen molar-refractivity contribution in [2.45, 2.75) is 32.7 Å². The lowest BCUT2D eigenvalue weighted by atomic mass is 10.2. The molecule has 0 N–H and O–H groups in total. The lowest BCUT2D eigenvalue weighted by Crippen LogP contribution is -2.27. The van der Waals surface area contributed by atoms with Crippen molar-refractivity contribution in [2.24, 2.45) is 5.92 Å². The summed E-state index contributed by atoms with van der Waals surface area (Å²) in [6.45, 7) is 4.89. The summed E-state index contributed by atoms with van der Waals surface area (Å²) >= 11 is 6.06. The van der Waals surface area contributed by atoms with E-state index in [1.165, 1.54) is 18.9 Å². The van der Waals surface area contributed by atoms with Gasteiger partial charge in [-0.1, -0.05) is 24.6 Å². The highest BCUT2D eigenvalue weighted by Gasteiger charge is 2.24. The van der Waals surface area contributed by atoms with Gasteiger partial charge in [0.2, 0.25) is 0 Å². The van der Waals surface area contributed by atoms with E-state index in [1.54, 1.807) is 12.1 Å². The summed E-state index contributed by atoms with van der Waals surface area (Å²) in [6, 6.07) is 4.91. The third kappa shape index (κ3) is 3.68. The molecule has 0 atom stereocenters. The third-order valence-electron chi connectivity index (χ3n) is 3.20. The number of rotatable bonds is 6. The van der Waals surface area contributed by atoms with E-state index in [2.05, 4.69) is 11.8 Å². The van der Waals surface area contributed by atoms with E-state index in [-0.39, 0.29) is 5.82 Å². The smallest absolute Gasteiger partial charge is 0.129 e. The highest BCUT2D eigenvalue weighted by atomic mass is 35.5. The standard InChI is InChI=1S/C14H19ClFN/c1-2-8-17(9-11-6-7-11)10-12-13(15)4-3-5-14(12)16/h3-5,11H,2,6-10H2,1H3. The predicted molar refractivity (Wildman–Crippen MR) is 69.7 cm³/mol. The molecular weight excluding hydrogens is 237 g/mol. The molecule has 0 amide bonds. The second kappa shape index (κ2) is 5.83. The number of nitrogens with zero attached hydrogens (tertiary/aromatic N) is 1. The molecule has 0 saturated heterocycles. The Morgan fingerprint density at radius 3 is 2.76 bits per heavy atom. The minimum atomic E-state index is -0.186. The van der Waals surface area contributed by atoms with Gasteiger partial charge in [0.25, 0.3) is 0 Å². The van der Waals surface area contributed by atoms with E-state index in [4.69, 9.17) is 11.6 Å². The van der Waals surface area contributed by atoms with Crippen LogP contribution in [-0.2, 0) is 6.54 Å². The monoisotopic (exact) mass is 255 g/mol. The molecule has 1 aromatic rings. The Bertz CT molecular complexity index is 356. The van der Waals surface area contributed by atoms with Crippen LogP contribution in [0.5, 0.6) is 0 Å². The third-order valence-corrected chi connectivity index (χ3v) is 3.55. The molecule has 17 heavy (non-hydrogen) atoms. The minimum absolute atomic E-state index is 0.186. The van der Waals surface area contributed by atoms with Gasteiger partial charge in [0, 0.05) is 23.7 Å². The second-order valence-electron chi connectivity index (χ2n) is 4.88. The molecule has 1 aliphatic rings. The summed E-state index contributed by atoms with van der Waals surface area (Å²) in [7, 11) is 0. The van der Waals surface area contributed by atoms with Crippen LogP contribution in [0.2, 0.25) is 5.02 Å². The van der Waals surface area contributed by atoms with Gasteiger partial charge in [-0.25, -0.2) is 4.39 Å². The van der Waals surface area contributed by atoms with Gasteiger partial charge in [-0.2, -0.15) is 0 Å². The summed E-state index contributed by atoms with van der Waals surface area (Å²) in [5.41, 5.74) is 0.642. The summed E-state index contributed by atoms with van der Waals surface area (Å²) < 4.78 is 13.7. The van der Waals surface area contributed by atoms with E-state index < -0.39 is 0 Å². The lowest BCUT2D eigenvalue weighted by molar-refractivity contribution is 0.252. The van der Waals surface area contributed by atoms with Crippen molar-refractivity contribution in [1.29, 1.82) is 0 Å². The van der Waals surface area contributed by atoms with E-state index in [0.29, 0.717) is 17.1 Å². The van der Waals surface area contributed by atoms with Crippen LogP contribution in [0.15, 0.2) is 18.2 Å². The first-order chi connectivity index (χ1) is 8.20. The first-order valence-electron chi connectivity index (χ1n) is 6.36. The molecule has 1 saturated carbocycles. The molecule has 2 rings (SSSR count). The number of halogens is 2. The van der Waals surface area contributed by atoms with Crippen molar-refractivity contribution in [1.82, 2.24) is 4.90 Å². The maximum Gasteiger partial charge on any atom is 0.129 e. The van der Waals surface area contributed by atoms with Crippen molar-refractivity contribution in [3.8, 4) is 0 Å².